The highest BCUT2D eigenvalue weighted by atomic mass is 16.5. The first-order valence-electron chi connectivity index (χ1n) is 6.92. The molecule has 6 heteroatoms. The fraction of sp³-hybridized carbons (Fsp3) is 0.571. The van der Waals surface area contributed by atoms with Crippen LogP contribution in [0.25, 0.3) is 0 Å². The molecule has 1 saturated heterocycles. The summed E-state index contributed by atoms with van der Waals surface area (Å²) in [5.74, 6) is 0.0444. The van der Waals surface area contributed by atoms with E-state index in [-0.39, 0.29) is 5.84 Å². The van der Waals surface area contributed by atoms with Gasteiger partial charge in [-0.15, -0.1) is 0 Å². The van der Waals surface area contributed by atoms with E-state index in [9.17, 15) is 0 Å². The van der Waals surface area contributed by atoms with Gasteiger partial charge in [0, 0.05) is 25.9 Å². The van der Waals surface area contributed by atoms with E-state index in [1.807, 2.05) is 19.2 Å². The van der Waals surface area contributed by atoms with Gasteiger partial charge in [0.15, 0.2) is 5.84 Å². The molecule has 1 aromatic rings. The average Bonchev–Trinajstić information content (AvgIpc) is 2.48. The second-order valence-corrected chi connectivity index (χ2v) is 5.18. The first kappa shape index (κ1) is 14.7. The van der Waals surface area contributed by atoms with E-state index in [0.29, 0.717) is 18.3 Å². The topological polar surface area (TPSA) is 84.0 Å². The minimum Gasteiger partial charge on any atom is -0.409 e. The van der Waals surface area contributed by atoms with Crippen molar-refractivity contribution in [1.82, 2.24) is 9.88 Å². The van der Waals surface area contributed by atoms with Crippen LogP contribution in [0.5, 0.6) is 0 Å². The summed E-state index contributed by atoms with van der Waals surface area (Å²) in [7, 11) is 2.04. The fourth-order valence-electron chi connectivity index (χ4n) is 2.50. The summed E-state index contributed by atoms with van der Waals surface area (Å²) in [4.78, 5) is 6.36. The van der Waals surface area contributed by atoms with Crippen LogP contribution in [-0.4, -0.2) is 47.2 Å². The molecule has 110 valence electrons. The van der Waals surface area contributed by atoms with Gasteiger partial charge in [-0.05, 0) is 37.9 Å². The Kier molecular flexibility index (Phi) is 5.31. The third kappa shape index (κ3) is 3.91. The molecule has 0 spiro atoms. The van der Waals surface area contributed by atoms with Gasteiger partial charge >= 0.3 is 0 Å². The van der Waals surface area contributed by atoms with E-state index < -0.39 is 0 Å². The Labute approximate surface area is 119 Å². The zero-order chi connectivity index (χ0) is 14.4. The molecule has 1 aliphatic heterocycles. The van der Waals surface area contributed by atoms with Gasteiger partial charge in [-0.3, -0.25) is 9.88 Å². The van der Waals surface area contributed by atoms with Gasteiger partial charge in [0.1, 0.15) is 5.69 Å². The molecule has 20 heavy (non-hydrogen) atoms. The standard InChI is InChI=1S/C14H22N4O2/c1-18(10-12-6-2-3-8-20-12)9-11-5-4-7-16-13(11)14(15)17-19/h4-5,7,12,19H,2-3,6,8-10H2,1H3,(H2,15,17). The van der Waals surface area contributed by atoms with Crippen LogP contribution in [-0.2, 0) is 11.3 Å². The lowest BCUT2D eigenvalue weighted by Crippen LogP contribution is -2.33. The maximum Gasteiger partial charge on any atom is 0.189 e. The smallest absolute Gasteiger partial charge is 0.189 e. The van der Waals surface area contributed by atoms with Gasteiger partial charge in [0.2, 0.25) is 0 Å². The quantitative estimate of drug-likeness (QED) is 0.366. The van der Waals surface area contributed by atoms with Crippen molar-refractivity contribution in [1.29, 1.82) is 0 Å². The summed E-state index contributed by atoms with van der Waals surface area (Å²) >= 11 is 0. The predicted octanol–water partition coefficient (Wildman–Crippen LogP) is 1.18. The molecule has 0 bridgehead atoms. The largest absolute Gasteiger partial charge is 0.409 e. The molecule has 3 N–H and O–H groups in total. The third-order valence-corrected chi connectivity index (χ3v) is 3.47. The number of aromatic nitrogens is 1. The highest BCUT2D eigenvalue weighted by Crippen LogP contribution is 2.15. The van der Waals surface area contributed by atoms with Crippen molar-refractivity contribution in [2.45, 2.75) is 31.9 Å². The Morgan fingerprint density at radius 3 is 3.15 bits per heavy atom. The molecular weight excluding hydrogens is 256 g/mol. The number of likely N-dealkylation sites (N-methyl/N-ethyl adjacent to an activating group) is 1. The molecular formula is C14H22N4O2. The molecule has 2 heterocycles. The Morgan fingerprint density at radius 1 is 1.60 bits per heavy atom. The Balaban J connectivity index is 1.98. The molecule has 0 radical (unpaired) electrons. The van der Waals surface area contributed by atoms with Crippen LogP contribution < -0.4 is 5.73 Å². The minimum atomic E-state index is 0.0444. The van der Waals surface area contributed by atoms with Crippen molar-refractivity contribution in [2.24, 2.45) is 10.9 Å². The van der Waals surface area contributed by atoms with Crippen LogP contribution in [0.4, 0.5) is 0 Å². The molecule has 0 aliphatic carbocycles. The van der Waals surface area contributed by atoms with Gasteiger partial charge in [-0.2, -0.15) is 0 Å². The van der Waals surface area contributed by atoms with Gasteiger partial charge in [-0.1, -0.05) is 11.2 Å². The summed E-state index contributed by atoms with van der Waals surface area (Å²) in [5.41, 5.74) is 7.13. The van der Waals surface area contributed by atoms with E-state index in [2.05, 4.69) is 15.0 Å². The number of hydrogen-bond donors (Lipinski definition) is 2. The normalized spacial score (nSPS) is 20.3. The number of oxime groups is 1. The SMILES string of the molecule is CN(Cc1cccnc1C(N)=NO)CC1CCCCO1. The maximum atomic E-state index is 8.80. The highest BCUT2D eigenvalue weighted by molar-refractivity contribution is 5.96. The molecule has 0 aromatic carbocycles. The second-order valence-electron chi connectivity index (χ2n) is 5.18. The summed E-state index contributed by atoms with van der Waals surface area (Å²) < 4.78 is 5.74. The van der Waals surface area contributed by atoms with Crippen molar-refractivity contribution in [3.8, 4) is 0 Å². The van der Waals surface area contributed by atoms with Crippen LogP contribution in [0, 0.1) is 0 Å². The van der Waals surface area contributed by atoms with E-state index in [4.69, 9.17) is 15.7 Å². The van der Waals surface area contributed by atoms with Crippen LogP contribution in [0.1, 0.15) is 30.5 Å². The van der Waals surface area contributed by atoms with Crippen molar-refractivity contribution in [2.75, 3.05) is 20.2 Å². The molecule has 1 aromatic heterocycles. The van der Waals surface area contributed by atoms with Gasteiger partial charge in [-0.25, -0.2) is 0 Å². The average molecular weight is 278 g/mol. The van der Waals surface area contributed by atoms with E-state index in [1.165, 1.54) is 6.42 Å². The number of pyridine rings is 1. The van der Waals surface area contributed by atoms with E-state index in [0.717, 1.165) is 31.6 Å². The molecule has 1 aliphatic rings. The van der Waals surface area contributed by atoms with Crippen LogP contribution in [0.2, 0.25) is 0 Å². The third-order valence-electron chi connectivity index (χ3n) is 3.47. The molecule has 2 rings (SSSR count). The zero-order valence-corrected chi connectivity index (χ0v) is 11.8. The summed E-state index contributed by atoms with van der Waals surface area (Å²) in [6.07, 6.45) is 5.46. The number of nitrogens with two attached hydrogens (primary N) is 1. The first-order valence-corrected chi connectivity index (χ1v) is 6.92. The summed E-state index contributed by atoms with van der Waals surface area (Å²) in [6.45, 7) is 2.44. The molecule has 1 fully saturated rings. The van der Waals surface area contributed by atoms with E-state index >= 15 is 0 Å². The van der Waals surface area contributed by atoms with Gasteiger partial charge in [0.05, 0.1) is 6.10 Å². The number of rotatable bonds is 5. The molecule has 1 atom stereocenters. The summed E-state index contributed by atoms with van der Waals surface area (Å²) in [5, 5.41) is 11.8. The van der Waals surface area contributed by atoms with Crippen LogP contribution >= 0.6 is 0 Å². The van der Waals surface area contributed by atoms with E-state index in [1.54, 1.807) is 6.20 Å². The lowest BCUT2D eigenvalue weighted by molar-refractivity contribution is -0.00261. The van der Waals surface area contributed by atoms with Crippen LogP contribution in [0.3, 0.4) is 0 Å². The lowest BCUT2D eigenvalue weighted by atomic mass is 10.1. The first-order chi connectivity index (χ1) is 9.70. The maximum absolute atomic E-state index is 8.80. The molecule has 0 saturated carbocycles. The van der Waals surface area contributed by atoms with Gasteiger partial charge in [0.25, 0.3) is 0 Å². The fourth-order valence-corrected chi connectivity index (χ4v) is 2.50. The minimum absolute atomic E-state index is 0.0444. The number of nitrogens with zero attached hydrogens (tertiary/aromatic N) is 3. The van der Waals surface area contributed by atoms with Gasteiger partial charge < -0.3 is 15.7 Å². The number of amidine groups is 1. The Hall–Kier alpha value is -1.66. The zero-order valence-electron chi connectivity index (χ0n) is 11.8. The van der Waals surface area contributed by atoms with Crippen molar-refractivity contribution in [3.63, 3.8) is 0 Å². The van der Waals surface area contributed by atoms with Crippen molar-refractivity contribution >= 4 is 5.84 Å². The number of ether oxygens (including phenoxy) is 1. The molecule has 6 nitrogen and oxygen atoms in total. The summed E-state index contributed by atoms with van der Waals surface area (Å²) in [6, 6.07) is 3.80. The molecule has 1 unspecified atom stereocenters. The molecule has 0 amide bonds. The monoisotopic (exact) mass is 278 g/mol. The second kappa shape index (κ2) is 7.21. The highest BCUT2D eigenvalue weighted by Gasteiger charge is 2.17. The van der Waals surface area contributed by atoms with Crippen LogP contribution in [0.15, 0.2) is 23.5 Å². The lowest BCUT2D eigenvalue weighted by Gasteiger charge is -2.27. The predicted molar refractivity (Wildman–Crippen MR) is 76.7 cm³/mol. The van der Waals surface area contributed by atoms with Crippen molar-refractivity contribution in [3.05, 3.63) is 29.6 Å². The number of hydrogen-bond acceptors (Lipinski definition) is 5. The Bertz CT molecular complexity index is 458. The van der Waals surface area contributed by atoms with Crippen molar-refractivity contribution < 1.29 is 9.94 Å². The Morgan fingerprint density at radius 2 is 2.45 bits per heavy atom.